The van der Waals surface area contributed by atoms with E-state index in [4.69, 9.17) is 5.73 Å². The summed E-state index contributed by atoms with van der Waals surface area (Å²) in [5.74, 6) is -0.132. The third-order valence-corrected chi connectivity index (χ3v) is 1.21. The molecule has 0 bridgehead atoms. The Labute approximate surface area is 110 Å². The molecule has 0 aromatic carbocycles. The second-order valence-corrected chi connectivity index (χ2v) is 2.89. The van der Waals surface area contributed by atoms with Gasteiger partial charge in [-0.3, -0.25) is 0 Å². The molecule has 0 aromatic heterocycles. The molecule has 60 valence electrons. The molecular weight excluding hydrogens is 194 g/mol. The van der Waals surface area contributed by atoms with Crippen molar-refractivity contribution in [2.45, 2.75) is 0 Å². The van der Waals surface area contributed by atoms with Gasteiger partial charge in [-0.2, -0.15) is 0 Å². The molecule has 0 fully saturated rings. The summed E-state index contributed by atoms with van der Waals surface area (Å²) in [4.78, 5) is 0. The molecular formula is C2H10N2Na2O4S. The fourth-order valence-electron chi connectivity index (χ4n) is 0.164. The third-order valence-electron chi connectivity index (χ3n) is 0.402. The number of hydrogen-bond donors (Lipinski definition) is 2. The van der Waals surface area contributed by atoms with Crippen molar-refractivity contribution < 1.29 is 78.5 Å². The van der Waals surface area contributed by atoms with Crippen LogP contribution in [-0.2, 0) is 10.0 Å². The zero-order valence-electron chi connectivity index (χ0n) is 6.69. The van der Waals surface area contributed by atoms with Crippen LogP contribution in [0.15, 0.2) is 0 Å². The summed E-state index contributed by atoms with van der Waals surface area (Å²) in [6.45, 7) is 0.0961. The summed E-state index contributed by atoms with van der Waals surface area (Å²) in [7, 11) is -3.30. The Balaban J connectivity index is -0.0000000300. The number of nitrogens with two attached hydrogens (primary N) is 2. The molecule has 9 heteroatoms. The van der Waals surface area contributed by atoms with Gasteiger partial charge in [0.2, 0.25) is 10.0 Å². The molecule has 0 aromatic rings. The number of rotatable bonds is 2. The van der Waals surface area contributed by atoms with Crippen molar-refractivity contribution in [1.82, 2.24) is 0 Å². The monoisotopic (exact) mass is 204 g/mol. The van der Waals surface area contributed by atoms with Crippen molar-refractivity contribution in [3.63, 3.8) is 0 Å². The van der Waals surface area contributed by atoms with E-state index in [1.54, 1.807) is 0 Å². The maximum absolute atomic E-state index is 9.93. The van der Waals surface area contributed by atoms with E-state index < -0.39 is 10.0 Å². The van der Waals surface area contributed by atoms with Crippen LogP contribution in [0.5, 0.6) is 0 Å². The molecule has 0 saturated heterocycles. The summed E-state index contributed by atoms with van der Waals surface area (Å²) >= 11 is 0. The van der Waals surface area contributed by atoms with Crippen LogP contribution in [0.2, 0.25) is 0 Å². The maximum Gasteiger partial charge on any atom is 1.00 e. The van der Waals surface area contributed by atoms with Crippen molar-refractivity contribution in [2.24, 2.45) is 10.9 Å². The molecule has 6 nitrogen and oxygen atoms in total. The van der Waals surface area contributed by atoms with E-state index in [1.165, 1.54) is 0 Å². The zero-order valence-corrected chi connectivity index (χ0v) is 11.5. The van der Waals surface area contributed by atoms with E-state index in [-0.39, 0.29) is 82.4 Å². The molecule has 0 amide bonds. The van der Waals surface area contributed by atoms with E-state index in [0.29, 0.717) is 0 Å². The fraction of sp³-hybridized carbons (Fsp3) is 1.00. The molecule has 0 aliphatic heterocycles. The molecule has 11 heavy (non-hydrogen) atoms. The number of hydrogen-bond acceptors (Lipinski definition) is 5. The molecule has 0 unspecified atom stereocenters. The summed E-state index contributed by atoms with van der Waals surface area (Å²) in [5.41, 5.74) is 4.86. The molecule has 0 saturated carbocycles. The maximum atomic E-state index is 9.93. The minimum Gasteiger partial charge on any atom is -0.870 e. The van der Waals surface area contributed by atoms with Crippen LogP contribution in [0.1, 0.15) is 0 Å². The van der Waals surface area contributed by atoms with Gasteiger partial charge in [0.25, 0.3) is 0 Å². The van der Waals surface area contributed by atoms with Gasteiger partial charge in [0.05, 0.1) is 5.75 Å². The predicted molar refractivity (Wildman–Crippen MR) is 30.9 cm³/mol. The van der Waals surface area contributed by atoms with Crippen molar-refractivity contribution in [1.29, 1.82) is 0 Å². The van der Waals surface area contributed by atoms with E-state index in [2.05, 4.69) is 5.14 Å². The van der Waals surface area contributed by atoms with E-state index in [9.17, 15) is 8.42 Å². The van der Waals surface area contributed by atoms with E-state index in [0.717, 1.165) is 0 Å². The first-order chi connectivity index (χ1) is 3.06. The largest absolute Gasteiger partial charge is 1.00 e. The molecule has 0 rings (SSSR count). The van der Waals surface area contributed by atoms with Gasteiger partial charge in [0.15, 0.2) is 0 Å². The zero-order chi connectivity index (χ0) is 5.91. The van der Waals surface area contributed by atoms with Gasteiger partial charge in [-0.15, -0.1) is 0 Å². The molecule has 0 aliphatic rings. The second-order valence-electron chi connectivity index (χ2n) is 1.16. The first kappa shape index (κ1) is 29.3. The number of primary sulfonamides is 1. The summed E-state index contributed by atoms with van der Waals surface area (Å²) < 4.78 is 19.9. The van der Waals surface area contributed by atoms with Crippen molar-refractivity contribution in [3.8, 4) is 0 Å². The first-order valence-electron chi connectivity index (χ1n) is 1.77. The van der Waals surface area contributed by atoms with Gasteiger partial charge < -0.3 is 16.7 Å². The van der Waals surface area contributed by atoms with Crippen molar-refractivity contribution in [2.75, 3.05) is 12.3 Å². The van der Waals surface area contributed by atoms with Gasteiger partial charge in [0, 0.05) is 6.54 Å². The molecule has 0 aliphatic carbocycles. The molecule has 0 atom stereocenters. The average Bonchev–Trinajstić information content (AvgIpc) is 1.30. The van der Waals surface area contributed by atoms with Crippen LogP contribution in [0.4, 0.5) is 0 Å². The summed E-state index contributed by atoms with van der Waals surface area (Å²) in [5, 5.41) is 4.54. The van der Waals surface area contributed by atoms with Gasteiger partial charge in [0.1, 0.15) is 0 Å². The molecule has 0 heterocycles. The summed E-state index contributed by atoms with van der Waals surface area (Å²) in [6, 6.07) is 0. The predicted octanol–water partition coefficient (Wildman–Crippen LogP) is -8.11. The second kappa shape index (κ2) is 14.3. The Hall–Kier alpha value is 1.79. The van der Waals surface area contributed by atoms with Crippen LogP contribution in [0.25, 0.3) is 0 Å². The van der Waals surface area contributed by atoms with E-state index in [1.807, 2.05) is 0 Å². The Morgan fingerprint density at radius 3 is 1.36 bits per heavy atom. The first-order valence-corrected chi connectivity index (χ1v) is 3.48. The van der Waals surface area contributed by atoms with Crippen LogP contribution in [0, 0.1) is 0 Å². The average molecular weight is 204 g/mol. The Kier molecular flexibility index (Phi) is 38.1. The third kappa shape index (κ3) is 33.7. The topological polar surface area (TPSA) is 146 Å². The van der Waals surface area contributed by atoms with Gasteiger partial charge in [-0.1, -0.05) is 0 Å². The van der Waals surface area contributed by atoms with Crippen LogP contribution >= 0.6 is 0 Å². The molecule has 6 N–H and O–H groups in total. The molecule has 0 spiro atoms. The minimum absolute atomic E-state index is 0. The van der Waals surface area contributed by atoms with Crippen LogP contribution < -0.4 is 70.0 Å². The van der Waals surface area contributed by atoms with Gasteiger partial charge in [-0.05, 0) is 0 Å². The Bertz CT molecular complexity index is 137. The number of sulfonamides is 1. The Morgan fingerprint density at radius 2 is 1.36 bits per heavy atom. The quantitative estimate of drug-likeness (QED) is 0.429. The van der Waals surface area contributed by atoms with E-state index >= 15 is 0 Å². The summed E-state index contributed by atoms with van der Waals surface area (Å²) in [6.07, 6.45) is 0. The van der Waals surface area contributed by atoms with Crippen molar-refractivity contribution >= 4 is 10.0 Å². The van der Waals surface area contributed by atoms with Gasteiger partial charge >= 0.3 is 59.1 Å². The Morgan fingerprint density at radius 1 is 1.09 bits per heavy atom. The fourth-order valence-corrected chi connectivity index (χ4v) is 0.493. The van der Waals surface area contributed by atoms with Crippen molar-refractivity contribution in [3.05, 3.63) is 0 Å². The van der Waals surface area contributed by atoms with Crippen LogP contribution in [0.3, 0.4) is 0 Å². The normalized spacial score (nSPS) is 7.45. The smallest absolute Gasteiger partial charge is 0.870 e. The molecule has 0 radical (unpaired) electrons. The van der Waals surface area contributed by atoms with Gasteiger partial charge in [-0.25, -0.2) is 13.6 Å². The SMILES string of the molecule is NCCS(N)(=O)=O.[Na+].[Na+].[OH-].[OH-]. The van der Waals surface area contributed by atoms with Crippen LogP contribution in [-0.4, -0.2) is 31.7 Å². The standard InChI is InChI=1S/C2H8N2O2S.2Na.2H2O/c3-1-2-7(4,5)6;;;;/h1-3H2,(H2,4,5,6);;;2*1H2/q;2*+1;;/p-2. The minimum atomic E-state index is -3.30.